The summed E-state index contributed by atoms with van der Waals surface area (Å²) in [6.07, 6.45) is 2.47. The van der Waals surface area contributed by atoms with Crippen LogP contribution >= 0.6 is 0 Å². The van der Waals surface area contributed by atoms with Crippen molar-refractivity contribution in [1.82, 2.24) is 9.88 Å². The first-order valence-electron chi connectivity index (χ1n) is 6.80. The molecule has 2 N–H and O–H groups in total. The van der Waals surface area contributed by atoms with Crippen molar-refractivity contribution in [2.75, 3.05) is 25.0 Å². The molecule has 0 spiro atoms. The van der Waals surface area contributed by atoms with Gasteiger partial charge in [0.2, 0.25) is 0 Å². The second-order valence-corrected chi connectivity index (χ2v) is 4.94. The topological polar surface area (TPSA) is 65.5 Å². The van der Waals surface area contributed by atoms with Crippen molar-refractivity contribution in [2.45, 2.75) is 32.7 Å². The van der Waals surface area contributed by atoms with E-state index in [4.69, 9.17) is 5.11 Å². The highest BCUT2D eigenvalue weighted by Crippen LogP contribution is 2.17. The lowest BCUT2D eigenvalue weighted by Crippen LogP contribution is -2.34. The van der Waals surface area contributed by atoms with E-state index in [9.17, 15) is 4.79 Å². The number of likely N-dealkylation sites (N-methyl/N-ethyl adjacent to an activating group) is 1. The number of pyridine rings is 1. The number of nitrogens with one attached hydrogen (secondary N) is 1. The van der Waals surface area contributed by atoms with Crippen molar-refractivity contribution < 1.29 is 9.90 Å². The molecule has 2 rings (SSSR count). The summed E-state index contributed by atoms with van der Waals surface area (Å²) >= 11 is 0. The molecule has 1 aromatic heterocycles. The molecule has 0 bridgehead atoms. The second kappa shape index (κ2) is 6.02. The van der Waals surface area contributed by atoms with Crippen molar-refractivity contribution >= 4 is 11.8 Å². The number of carbonyl (C=O) groups is 1. The van der Waals surface area contributed by atoms with Gasteiger partial charge in [-0.25, -0.2) is 9.78 Å². The van der Waals surface area contributed by atoms with Gasteiger partial charge in [0.15, 0.2) is 0 Å². The maximum Gasteiger partial charge on any atom is 0.337 e. The minimum absolute atomic E-state index is 0.265. The molecule has 19 heavy (non-hydrogen) atoms. The van der Waals surface area contributed by atoms with Gasteiger partial charge in [0.25, 0.3) is 0 Å². The summed E-state index contributed by atoms with van der Waals surface area (Å²) in [5.74, 6) is -0.171. The van der Waals surface area contributed by atoms with Crippen LogP contribution in [0, 0.1) is 6.92 Å². The van der Waals surface area contributed by atoms with Gasteiger partial charge in [-0.2, -0.15) is 0 Å². The summed E-state index contributed by atoms with van der Waals surface area (Å²) in [7, 11) is 0. The number of aromatic carboxylic acids is 1. The van der Waals surface area contributed by atoms with Crippen molar-refractivity contribution in [3.8, 4) is 0 Å². The first kappa shape index (κ1) is 13.8. The Kier molecular flexibility index (Phi) is 4.37. The van der Waals surface area contributed by atoms with Crippen LogP contribution in [-0.4, -0.2) is 46.6 Å². The average Bonchev–Trinajstić information content (AvgIpc) is 2.83. The molecule has 0 saturated carbocycles. The van der Waals surface area contributed by atoms with E-state index < -0.39 is 5.97 Å². The number of hydrogen-bond donors (Lipinski definition) is 2. The Morgan fingerprint density at radius 3 is 3.00 bits per heavy atom. The first-order valence-corrected chi connectivity index (χ1v) is 6.80. The number of carboxylic acid groups (broad SMARTS) is 1. The Morgan fingerprint density at radius 1 is 1.58 bits per heavy atom. The SMILES string of the molecule is CCN1CCCC1CNc1ccc(C(=O)O)c(C)n1. The molecule has 1 unspecified atom stereocenters. The molecule has 0 aromatic carbocycles. The van der Waals surface area contributed by atoms with Crippen molar-refractivity contribution in [3.05, 3.63) is 23.4 Å². The molecule has 5 nitrogen and oxygen atoms in total. The fourth-order valence-electron chi connectivity index (χ4n) is 2.65. The standard InChI is InChI=1S/C14H21N3O2/c1-3-17-8-4-5-11(17)9-15-13-7-6-12(14(18)19)10(2)16-13/h6-7,11H,3-5,8-9H2,1-2H3,(H,15,16)(H,18,19). The summed E-state index contributed by atoms with van der Waals surface area (Å²) in [6, 6.07) is 3.91. The number of likely N-dealkylation sites (tertiary alicyclic amines) is 1. The molecule has 0 radical (unpaired) electrons. The van der Waals surface area contributed by atoms with E-state index in [1.807, 2.05) is 0 Å². The molecule has 1 aromatic rings. The van der Waals surface area contributed by atoms with Crippen LogP contribution in [0.25, 0.3) is 0 Å². The van der Waals surface area contributed by atoms with Gasteiger partial charge in [-0.15, -0.1) is 0 Å². The molecule has 1 atom stereocenters. The Balaban J connectivity index is 1.96. The summed E-state index contributed by atoms with van der Waals surface area (Å²) in [4.78, 5) is 17.7. The zero-order valence-corrected chi connectivity index (χ0v) is 11.5. The fraction of sp³-hybridized carbons (Fsp3) is 0.571. The van der Waals surface area contributed by atoms with E-state index in [-0.39, 0.29) is 5.56 Å². The summed E-state index contributed by atoms with van der Waals surface area (Å²) in [5.41, 5.74) is 0.817. The average molecular weight is 263 g/mol. The lowest BCUT2D eigenvalue weighted by atomic mass is 10.2. The number of carboxylic acids is 1. The lowest BCUT2D eigenvalue weighted by Gasteiger charge is -2.23. The molecular weight excluding hydrogens is 242 g/mol. The second-order valence-electron chi connectivity index (χ2n) is 4.94. The van der Waals surface area contributed by atoms with E-state index >= 15 is 0 Å². The molecule has 1 aliphatic rings. The Hall–Kier alpha value is -1.62. The monoisotopic (exact) mass is 263 g/mol. The zero-order chi connectivity index (χ0) is 13.8. The number of hydrogen-bond acceptors (Lipinski definition) is 4. The minimum Gasteiger partial charge on any atom is -0.478 e. The van der Waals surface area contributed by atoms with E-state index in [0.717, 1.165) is 18.9 Å². The van der Waals surface area contributed by atoms with Gasteiger partial charge in [-0.3, -0.25) is 4.90 Å². The predicted molar refractivity (Wildman–Crippen MR) is 74.7 cm³/mol. The molecule has 1 saturated heterocycles. The predicted octanol–water partition coefficient (Wildman–Crippen LogP) is 1.98. The maximum absolute atomic E-state index is 10.9. The van der Waals surface area contributed by atoms with Gasteiger partial charge in [-0.1, -0.05) is 6.92 Å². The third kappa shape index (κ3) is 3.23. The molecule has 0 amide bonds. The minimum atomic E-state index is -0.926. The smallest absolute Gasteiger partial charge is 0.337 e. The Labute approximate surface area is 113 Å². The molecular formula is C14H21N3O2. The van der Waals surface area contributed by atoms with Crippen LogP contribution in [0.1, 0.15) is 35.8 Å². The van der Waals surface area contributed by atoms with Crippen LogP contribution in [-0.2, 0) is 0 Å². The van der Waals surface area contributed by atoms with Gasteiger partial charge >= 0.3 is 5.97 Å². The molecule has 1 aliphatic heterocycles. The van der Waals surface area contributed by atoms with E-state index in [0.29, 0.717) is 11.7 Å². The van der Waals surface area contributed by atoms with Gasteiger partial charge < -0.3 is 10.4 Å². The number of nitrogens with zero attached hydrogens (tertiary/aromatic N) is 2. The van der Waals surface area contributed by atoms with Gasteiger partial charge in [0, 0.05) is 12.6 Å². The largest absolute Gasteiger partial charge is 0.478 e. The summed E-state index contributed by atoms with van der Waals surface area (Å²) in [5, 5.41) is 12.3. The summed E-state index contributed by atoms with van der Waals surface area (Å²) in [6.45, 7) is 7.03. The third-order valence-corrected chi connectivity index (χ3v) is 3.74. The van der Waals surface area contributed by atoms with E-state index in [2.05, 4.69) is 22.1 Å². The van der Waals surface area contributed by atoms with Gasteiger partial charge in [0.1, 0.15) is 5.82 Å². The van der Waals surface area contributed by atoms with Crippen LogP contribution < -0.4 is 5.32 Å². The summed E-state index contributed by atoms with van der Waals surface area (Å²) < 4.78 is 0. The van der Waals surface area contributed by atoms with E-state index in [1.165, 1.54) is 19.4 Å². The Morgan fingerprint density at radius 2 is 2.37 bits per heavy atom. The van der Waals surface area contributed by atoms with Crippen LogP contribution in [0.2, 0.25) is 0 Å². The molecule has 104 valence electrons. The number of rotatable bonds is 5. The normalized spacial score (nSPS) is 19.6. The fourth-order valence-corrected chi connectivity index (χ4v) is 2.65. The molecule has 2 heterocycles. The van der Waals surface area contributed by atoms with Crippen LogP contribution in [0.3, 0.4) is 0 Å². The number of aromatic nitrogens is 1. The van der Waals surface area contributed by atoms with Crippen molar-refractivity contribution in [3.63, 3.8) is 0 Å². The zero-order valence-electron chi connectivity index (χ0n) is 11.5. The lowest BCUT2D eigenvalue weighted by molar-refractivity contribution is 0.0695. The van der Waals surface area contributed by atoms with Crippen LogP contribution in [0.5, 0.6) is 0 Å². The number of anilines is 1. The highest BCUT2D eigenvalue weighted by atomic mass is 16.4. The van der Waals surface area contributed by atoms with Crippen LogP contribution in [0.15, 0.2) is 12.1 Å². The van der Waals surface area contributed by atoms with Crippen molar-refractivity contribution in [1.29, 1.82) is 0 Å². The third-order valence-electron chi connectivity index (χ3n) is 3.74. The Bertz CT molecular complexity index is 462. The van der Waals surface area contributed by atoms with Crippen molar-refractivity contribution in [2.24, 2.45) is 0 Å². The van der Waals surface area contributed by atoms with Crippen LogP contribution in [0.4, 0.5) is 5.82 Å². The van der Waals surface area contributed by atoms with Gasteiger partial charge in [-0.05, 0) is 45.0 Å². The quantitative estimate of drug-likeness (QED) is 0.850. The first-order chi connectivity index (χ1) is 9.11. The molecule has 1 fully saturated rings. The highest BCUT2D eigenvalue weighted by Gasteiger charge is 2.22. The maximum atomic E-state index is 10.9. The molecule has 5 heteroatoms. The number of aryl methyl sites for hydroxylation is 1. The van der Waals surface area contributed by atoms with Gasteiger partial charge in [0.05, 0.1) is 11.3 Å². The van der Waals surface area contributed by atoms with E-state index in [1.54, 1.807) is 19.1 Å². The molecule has 0 aliphatic carbocycles. The highest BCUT2D eigenvalue weighted by molar-refractivity contribution is 5.89.